The van der Waals surface area contributed by atoms with E-state index in [9.17, 15) is 4.79 Å². The molecule has 2 rings (SSSR count). The molecule has 0 fully saturated rings. The van der Waals surface area contributed by atoms with Crippen LogP contribution in [0.4, 0.5) is 0 Å². The largest absolute Gasteiger partial charge is 0.496 e. The van der Waals surface area contributed by atoms with E-state index in [4.69, 9.17) is 9.47 Å². The highest BCUT2D eigenvalue weighted by molar-refractivity contribution is 5.78. The molecule has 0 heterocycles. The van der Waals surface area contributed by atoms with Crippen LogP contribution < -0.4 is 14.8 Å². The number of hydrogen-bond acceptors (Lipinski definition) is 4. The Labute approximate surface area is 155 Å². The van der Waals surface area contributed by atoms with Gasteiger partial charge in [0.15, 0.2) is 0 Å². The van der Waals surface area contributed by atoms with Crippen molar-refractivity contribution in [2.45, 2.75) is 19.4 Å². The molecule has 1 atom stereocenters. The van der Waals surface area contributed by atoms with Crippen LogP contribution in [0.5, 0.6) is 11.5 Å². The predicted molar refractivity (Wildman–Crippen MR) is 104 cm³/mol. The summed E-state index contributed by atoms with van der Waals surface area (Å²) in [6.07, 6.45) is 0.322. The van der Waals surface area contributed by atoms with Gasteiger partial charge in [0, 0.05) is 12.1 Å². The lowest BCUT2D eigenvalue weighted by molar-refractivity contribution is -0.120. The Morgan fingerprint density at radius 1 is 1.08 bits per heavy atom. The first-order chi connectivity index (χ1) is 12.5. The van der Waals surface area contributed by atoms with Gasteiger partial charge in [-0.2, -0.15) is 0 Å². The summed E-state index contributed by atoms with van der Waals surface area (Å²) in [4.78, 5) is 14.5. The average Bonchev–Trinajstić information content (AvgIpc) is 2.63. The molecule has 0 saturated carbocycles. The predicted octanol–water partition coefficient (Wildman–Crippen LogP) is 2.97. The van der Waals surface area contributed by atoms with Crippen molar-refractivity contribution in [3.05, 3.63) is 59.2 Å². The lowest BCUT2D eigenvalue weighted by Gasteiger charge is -2.26. The normalized spacial score (nSPS) is 11.9. The summed E-state index contributed by atoms with van der Waals surface area (Å²) >= 11 is 0. The van der Waals surface area contributed by atoms with E-state index in [1.807, 2.05) is 63.5 Å². The zero-order chi connectivity index (χ0) is 19.1. The number of carbonyl (C=O) groups excluding carboxylic acids is 1. The highest BCUT2D eigenvalue weighted by Gasteiger charge is 2.19. The molecular formula is C21H28N2O3. The molecule has 2 aromatic rings. The number of benzene rings is 2. The van der Waals surface area contributed by atoms with E-state index in [-0.39, 0.29) is 11.9 Å². The minimum Gasteiger partial charge on any atom is -0.496 e. The van der Waals surface area contributed by atoms with Gasteiger partial charge in [0.1, 0.15) is 11.5 Å². The molecule has 0 aliphatic carbocycles. The fourth-order valence-corrected chi connectivity index (χ4v) is 2.95. The van der Waals surface area contributed by atoms with Crippen LogP contribution in [0.15, 0.2) is 42.5 Å². The molecule has 5 heteroatoms. The summed E-state index contributed by atoms with van der Waals surface area (Å²) < 4.78 is 10.8. The number of amides is 1. The molecule has 0 aromatic heterocycles. The molecule has 0 radical (unpaired) electrons. The molecule has 0 spiro atoms. The highest BCUT2D eigenvalue weighted by atomic mass is 16.5. The Bertz CT molecular complexity index is 744. The molecule has 0 saturated heterocycles. The molecule has 5 nitrogen and oxygen atoms in total. The van der Waals surface area contributed by atoms with E-state index in [2.05, 4.69) is 10.2 Å². The van der Waals surface area contributed by atoms with Crippen LogP contribution in [0.1, 0.15) is 22.7 Å². The number of nitrogens with zero attached hydrogens (tertiary/aromatic N) is 1. The minimum absolute atomic E-state index is 0.0161. The maximum Gasteiger partial charge on any atom is 0.224 e. The number of ether oxygens (including phenoxy) is 2. The van der Waals surface area contributed by atoms with Crippen LogP contribution >= 0.6 is 0 Å². The zero-order valence-corrected chi connectivity index (χ0v) is 16.2. The van der Waals surface area contributed by atoms with Gasteiger partial charge in [-0.3, -0.25) is 4.79 Å². The van der Waals surface area contributed by atoms with Gasteiger partial charge in [-0.05, 0) is 44.3 Å². The van der Waals surface area contributed by atoms with Crippen molar-refractivity contribution in [3.8, 4) is 11.5 Å². The van der Waals surface area contributed by atoms with Gasteiger partial charge < -0.3 is 19.7 Å². The maximum atomic E-state index is 12.4. The van der Waals surface area contributed by atoms with Crippen molar-refractivity contribution >= 4 is 5.91 Å². The molecule has 26 heavy (non-hydrogen) atoms. The Balaban J connectivity index is 2.04. The monoisotopic (exact) mass is 356 g/mol. The molecule has 140 valence electrons. The van der Waals surface area contributed by atoms with Crippen LogP contribution in [0.2, 0.25) is 0 Å². The van der Waals surface area contributed by atoms with Crippen molar-refractivity contribution in [2.24, 2.45) is 0 Å². The highest BCUT2D eigenvalue weighted by Crippen LogP contribution is 2.27. The number of methoxy groups -OCH3 is 2. The summed E-state index contributed by atoms with van der Waals surface area (Å²) in [5, 5.41) is 3.04. The number of nitrogens with one attached hydrogen (secondary N) is 1. The number of hydrogen-bond donors (Lipinski definition) is 1. The summed E-state index contributed by atoms with van der Waals surface area (Å²) in [7, 11) is 7.29. The molecule has 1 unspecified atom stereocenters. The van der Waals surface area contributed by atoms with E-state index in [0.29, 0.717) is 13.0 Å². The second-order valence-electron chi connectivity index (χ2n) is 6.51. The van der Waals surface area contributed by atoms with E-state index >= 15 is 0 Å². The first kappa shape index (κ1) is 19.8. The lowest BCUT2D eigenvalue weighted by atomic mass is 10.0. The van der Waals surface area contributed by atoms with Crippen molar-refractivity contribution in [1.29, 1.82) is 0 Å². The van der Waals surface area contributed by atoms with Crippen molar-refractivity contribution in [3.63, 3.8) is 0 Å². The fraction of sp³-hybridized carbons (Fsp3) is 0.381. The number of carbonyl (C=O) groups is 1. The third-order valence-electron chi connectivity index (χ3n) is 4.45. The molecule has 1 N–H and O–H groups in total. The Kier molecular flexibility index (Phi) is 7.04. The SMILES string of the molecule is COc1cc(CC(=O)NCC(c2ccccc2OC)N(C)C)ccc1C. The van der Waals surface area contributed by atoms with Gasteiger partial charge in [0.2, 0.25) is 5.91 Å². The van der Waals surface area contributed by atoms with E-state index in [1.54, 1.807) is 14.2 Å². The van der Waals surface area contributed by atoms with Gasteiger partial charge in [0.25, 0.3) is 0 Å². The first-order valence-electron chi connectivity index (χ1n) is 8.65. The van der Waals surface area contributed by atoms with Crippen LogP contribution in [0.3, 0.4) is 0 Å². The number of aryl methyl sites for hydroxylation is 1. The van der Waals surface area contributed by atoms with E-state index < -0.39 is 0 Å². The van der Waals surface area contributed by atoms with Crippen molar-refractivity contribution in [2.75, 3.05) is 34.9 Å². The molecule has 1 amide bonds. The summed E-state index contributed by atoms with van der Waals surface area (Å²) in [6, 6.07) is 13.8. The van der Waals surface area contributed by atoms with Crippen molar-refractivity contribution < 1.29 is 14.3 Å². The molecular weight excluding hydrogens is 328 g/mol. The van der Waals surface area contributed by atoms with Gasteiger partial charge >= 0.3 is 0 Å². The van der Waals surface area contributed by atoms with Crippen LogP contribution in [0, 0.1) is 6.92 Å². The first-order valence-corrected chi connectivity index (χ1v) is 8.65. The summed E-state index contributed by atoms with van der Waals surface area (Å²) in [5.41, 5.74) is 3.04. The Morgan fingerprint density at radius 2 is 1.77 bits per heavy atom. The standard InChI is InChI=1S/C21H28N2O3/c1-15-10-11-16(12-20(15)26-5)13-21(24)22-14-18(23(2)3)17-8-6-7-9-19(17)25-4/h6-12,18H,13-14H2,1-5H3,(H,22,24). The van der Waals surface area contributed by atoms with Crippen LogP contribution in [-0.2, 0) is 11.2 Å². The molecule has 0 bridgehead atoms. The molecule has 0 aliphatic heterocycles. The second-order valence-corrected chi connectivity index (χ2v) is 6.51. The van der Waals surface area contributed by atoms with E-state index in [1.165, 1.54) is 0 Å². The third-order valence-corrected chi connectivity index (χ3v) is 4.45. The topological polar surface area (TPSA) is 50.8 Å². The van der Waals surface area contributed by atoms with Crippen LogP contribution in [-0.4, -0.2) is 45.7 Å². The van der Waals surface area contributed by atoms with Crippen molar-refractivity contribution in [1.82, 2.24) is 10.2 Å². The Hall–Kier alpha value is -2.53. The number of rotatable bonds is 8. The average molecular weight is 356 g/mol. The van der Waals surface area contributed by atoms with Gasteiger partial charge in [-0.15, -0.1) is 0 Å². The number of para-hydroxylation sites is 1. The second kappa shape index (κ2) is 9.25. The van der Waals surface area contributed by atoms with Crippen LogP contribution in [0.25, 0.3) is 0 Å². The smallest absolute Gasteiger partial charge is 0.224 e. The minimum atomic E-state index is -0.0161. The molecule has 0 aliphatic rings. The number of likely N-dealkylation sites (N-methyl/N-ethyl adjacent to an activating group) is 1. The maximum absolute atomic E-state index is 12.4. The third kappa shape index (κ3) is 4.99. The van der Waals surface area contributed by atoms with Gasteiger partial charge in [-0.1, -0.05) is 30.3 Å². The van der Waals surface area contributed by atoms with Gasteiger partial charge in [-0.25, -0.2) is 0 Å². The fourth-order valence-electron chi connectivity index (χ4n) is 2.95. The quantitative estimate of drug-likeness (QED) is 0.790. The lowest BCUT2D eigenvalue weighted by Crippen LogP contribution is -2.35. The zero-order valence-electron chi connectivity index (χ0n) is 16.2. The van der Waals surface area contributed by atoms with E-state index in [0.717, 1.165) is 28.2 Å². The van der Waals surface area contributed by atoms with Gasteiger partial charge in [0.05, 0.1) is 26.7 Å². The summed E-state index contributed by atoms with van der Waals surface area (Å²) in [5.74, 6) is 1.61. The summed E-state index contributed by atoms with van der Waals surface area (Å²) in [6.45, 7) is 2.49. The Morgan fingerprint density at radius 3 is 2.42 bits per heavy atom. The molecule has 2 aromatic carbocycles.